The Morgan fingerprint density at radius 1 is 0.941 bits per heavy atom. The van der Waals surface area contributed by atoms with Crippen LogP contribution in [0.5, 0.6) is 0 Å². The van der Waals surface area contributed by atoms with Crippen molar-refractivity contribution < 1.29 is 10.2 Å². The molecule has 2 fully saturated rings. The fraction of sp³-hybridized carbons (Fsp3) is 0.875. The number of hydrogen-bond acceptors (Lipinski definition) is 2. The third kappa shape index (κ3) is 3.63. The Morgan fingerprint density at radius 3 is 2.29 bits per heavy atom. The zero-order valence-corrected chi connectivity index (χ0v) is 23.4. The number of allylic oxidation sites excluding steroid dienone is 1. The van der Waals surface area contributed by atoms with Crippen molar-refractivity contribution in [1.82, 2.24) is 0 Å². The van der Waals surface area contributed by atoms with Gasteiger partial charge in [0.05, 0.1) is 12.2 Å². The van der Waals surface area contributed by atoms with Gasteiger partial charge in [-0.15, -0.1) is 6.58 Å². The monoisotopic (exact) mass is 470 g/mol. The zero-order chi connectivity index (χ0) is 25.1. The maximum Gasteiger partial charge on any atom is 0.0817 e. The zero-order valence-electron chi connectivity index (χ0n) is 23.4. The second-order valence-electron chi connectivity index (χ2n) is 14.4. The van der Waals surface area contributed by atoms with Crippen LogP contribution in [0, 0.1) is 45.3 Å². The molecular weight excluding hydrogens is 416 g/mol. The quantitative estimate of drug-likeness (QED) is 0.369. The van der Waals surface area contributed by atoms with E-state index in [0.29, 0.717) is 17.8 Å². The highest BCUT2D eigenvalue weighted by Crippen LogP contribution is 2.73. The van der Waals surface area contributed by atoms with E-state index in [1.54, 1.807) is 11.1 Å². The van der Waals surface area contributed by atoms with Crippen LogP contribution in [0.1, 0.15) is 119 Å². The van der Waals surface area contributed by atoms with Crippen LogP contribution >= 0.6 is 0 Å². The minimum Gasteiger partial charge on any atom is -0.393 e. The molecule has 8 atom stereocenters. The van der Waals surface area contributed by atoms with Crippen LogP contribution in [0.3, 0.4) is 0 Å². The van der Waals surface area contributed by atoms with Crippen LogP contribution in [0.25, 0.3) is 0 Å². The Hall–Kier alpha value is -0.600. The van der Waals surface area contributed by atoms with Gasteiger partial charge < -0.3 is 10.2 Å². The lowest BCUT2D eigenvalue weighted by Gasteiger charge is -2.63. The van der Waals surface area contributed by atoms with Crippen molar-refractivity contribution in [3.8, 4) is 0 Å². The van der Waals surface area contributed by atoms with Crippen LogP contribution in [0.4, 0.5) is 0 Å². The van der Waals surface area contributed by atoms with Crippen molar-refractivity contribution in [3.63, 3.8) is 0 Å². The van der Waals surface area contributed by atoms with Crippen LogP contribution in [0.2, 0.25) is 0 Å². The average molecular weight is 471 g/mol. The van der Waals surface area contributed by atoms with Gasteiger partial charge in [-0.1, -0.05) is 85.0 Å². The van der Waals surface area contributed by atoms with E-state index in [0.717, 1.165) is 38.0 Å². The summed E-state index contributed by atoms with van der Waals surface area (Å²) in [5, 5.41) is 22.6. The molecule has 0 spiro atoms. The summed E-state index contributed by atoms with van der Waals surface area (Å²) in [5.41, 5.74) is 3.41. The minimum absolute atomic E-state index is 0.0420. The van der Waals surface area contributed by atoms with Gasteiger partial charge in [0.15, 0.2) is 0 Å². The Morgan fingerprint density at radius 2 is 1.65 bits per heavy atom. The summed E-state index contributed by atoms with van der Waals surface area (Å²) < 4.78 is 0. The molecule has 0 bridgehead atoms. The molecule has 0 amide bonds. The molecule has 0 unspecified atom stereocenters. The number of aliphatic hydroxyl groups excluding tert-OH is 2. The second kappa shape index (κ2) is 9.05. The standard InChI is InChI=1S/C32H54O2/c1-9-27(33)32-20-16-23(22(4)12-10-11-21(2)3)31(32,8)19-15-24-25(32)13-14-26-29(5,6)28(34)17-18-30(24,26)7/h9,21-23,26-28,33-34H,1,10-20H2,2-8H3/t22-,23-,26+,27-,28+,30-,31-,32+/m1/s1. The fourth-order valence-corrected chi connectivity index (χ4v) is 10.2. The molecule has 4 aliphatic carbocycles. The van der Waals surface area contributed by atoms with Crippen LogP contribution < -0.4 is 0 Å². The highest BCUT2D eigenvalue weighted by Gasteiger charge is 2.66. The van der Waals surface area contributed by atoms with Crippen LogP contribution in [-0.2, 0) is 0 Å². The molecule has 2 saturated carbocycles. The van der Waals surface area contributed by atoms with Gasteiger partial charge in [0.1, 0.15) is 0 Å². The van der Waals surface area contributed by atoms with E-state index in [2.05, 4.69) is 55.0 Å². The highest BCUT2D eigenvalue weighted by atomic mass is 16.3. The Balaban J connectivity index is 1.74. The molecule has 4 rings (SSSR count). The predicted octanol–water partition coefficient (Wildman–Crippen LogP) is 8.09. The van der Waals surface area contributed by atoms with Crippen LogP contribution in [0.15, 0.2) is 23.8 Å². The average Bonchev–Trinajstić information content (AvgIpc) is 3.10. The molecule has 0 aromatic rings. The summed E-state index contributed by atoms with van der Waals surface area (Å²) in [5.74, 6) is 2.69. The molecule has 4 aliphatic rings. The van der Waals surface area contributed by atoms with Crippen molar-refractivity contribution in [1.29, 1.82) is 0 Å². The van der Waals surface area contributed by atoms with Gasteiger partial charge in [0, 0.05) is 5.41 Å². The molecule has 34 heavy (non-hydrogen) atoms. The largest absolute Gasteiger partial charge is 0.393 e. The smallest absolute Gasteiger partial charge is 0.0817 e. The predicted molar refractivity (Wildman–Crippen MR) is 143 cm³/mol. The van der Waals surface area contributed by atoms with E-state index < -0.39 is 6.10 Å². The molecule has 0 aromatic heterocycles. The molecule has 0 saturated heterocycles. The van der Waals surface area contributed by atoms with E-state index in [-0.39, 0.29) is 27.8 Å². The first-order chi connectivity index (χ1) is 15.9. The SMILES string of the molecule is C=C[C@@H](O)[C@@]12CC[C@H]([C@H](C)CCCC(C)C)[C@@]1(C)CCC1=C2CC[C@H]2C(C)(C)[C@@H](O)CC[C@]12C. The summed E-state index contributed by atoms with van der Waals surface area (Å²) in [6.45, 7) is 21.0. The molecule has 2 heteroatoms. The molecule has 0 aromatic carbocycles. The third-order valence-electron chi connectivity index (χ3n) is 12.2. The van der Waals surface area contributed by atoms with Gasteiger partial charge in [-0.3, -0.25) is 0 Å². The normalized spacial score (nSPS) is 43.2. The van der Waals surface area contributed by atoms with Crippen molar-refractivity contribution >= 4 is 0 Å². The van der Waals surface area contributed by atoms with Crippen molar-refractivity contribution in [3.05, 3.63) is 23.8 Å². The maximum absolute atomic E-state index is 11.7. The van der Waals surface area contributed by atoms with E-state index in [1.807, 2.05) is 6.08 Å². The summed E-state index contributed by atoms with van der Waals surface area (Å²) >= 11 is 0. The highest BCUT2D eigenvalue weighted by molar-refractivity contribution is 5.41. The molecule has 2 nitrogen and oxygen atoms in total. The van der Waals surface area contributed by atoms with Gasteiger partial charge in [-0.2, -0.15) is 0 Å². The second-order valence-corrected chi connectivity index (χ2v) is 14.4. The van der Waals surface area contributed by atoms with E-state index >= 15 is 0 Å². The Bertz CT molecular complexity index is 808. The van der Waals surface area contributed by atoms with E-state index in [1.165, 1.54) is 38.5 Å². The fourth-order valence-electron chi connectivity index (χ4n) is 10.2. The lowest BCUT2D eigenvalue weighted by molar-refractivity contribution is -0.104. The first kappa shape index (κ1) is 26.5. The molecule has 0 heterocycles. The van der Waals surface area contributed by atoms with Gasteiger partial charge >= 0.3 is 0 Å². The molecule has 0 radical (unpaired) electrons. The Labute approximate surface area is 210 Å². The Kier molecular flexibility index (Phi) is 7.05. The topological polar surface area (TPSA) is 40.5 Å². The first-order valence-electron chi connectivity index (χ1n) is 14.6. The van der Waals surface area contributed by atoms with E-state index in [4.69, 9.17) is 0 Å². The lowest BCUT2D eigenvalue weighted by Crippen LogP contribution is -2.57. The molecule has 2 N–H and O–H groups in total. The minimum atomic E-state index is -0.460. The molecule has 194 valence electrons. The summed E-state index contributed by atoms with van der Waals surface area (Å²) in [4.78, 5) is 0. The maximum atomic E-state index is 11.7. The van der Waals surface area contributed by atoms with Gasteiger partial charge in [-0.05, 0) is 91.3 Å². The molecular formula is C32H54O2. The summed E-state index contributed by atoms with van der Waals surface area (Å²) in [6.07, 6.45) is 14.1. The van der Waals surface area contributed by atoms with Crippen LogP contribution in [-0.4, -0.2) is 22.4 Å². The molecule has 0 aliphatic heterocycles. The van der Waals surface area contributed by atoms with Crippen molar-refractivity contribution in [2.75, 3.05) is 0 Å². The van der Waals surface area contributed by atoms with Gasteiger partial charge in [-0.25, -0.2) is 0 Å². The summed E-state index contributed by atoms with van der Waals surface area (Å²) in [6, 6.07) is 0. The number of rotatable bonds is 7. The summed E-state index contributed by atoms with van der Waals surface area (Å²) in [7, 11) is 0. The third-order valence-corrected chi connectivity index (χ3v) is 12.2. The lowest BCUT2D eigenvalue weighted by atomic mass is 9.42. The van der Waals surface area contributed by atoms with Gasteiger partial charge in [0.25, 0.3) is 0 Å². The van der Waals surface area contributed by atoms with E-state index in [9.17, 15) is 10.2 Å². The first-order valence-corrected chi connectivity index (χ1v) is 14.6. The van der Waals surface area contributed by atoms with Gasteiger partial charge in [0.2, 0.25) is 0 Å². The number of hydrogen-bond donors (Lipinski definition) is 2. The number of aliphatic hydroxyl groups is 2. The van der Waals surface area contributed by atoms with Crippen molar-refractivity contribution in [2.24, 2.45) is 45.3 Å². The van der Waals surface area contributed by atoms with Crippen molar-refractivity contribution in [2.45, 2.75) is 131 Å². The number of fused-ring (bicyclic) bond motifs is 4.